The van der Waals surface area contributed by atoms with E-state index in [1.165, 1.54) is 35.7 Å². The van der Waals surface area contributed by atoms with E-state index in [2.05, 4.69) is 39.8 Å². The second-order valence-corrected chi connectivity index (χ2v) is 5.80. The van der Waals surface area contributed by atoms with Crippen LogP contribution in [0.4, 0.5) is 0 Å². The minimum atomic E-state index is 0.150. The summed E-state index contributed by atoms with van der Waals surface area (Å²) in [5.41, 5.74) is 5.50. The summed E-state index contributed by atoms with van der Waals surface area (Å²) in [5.74, 6) is 0.150. The summed E-state index contributed by atoms with van der Waals surface area (Å²) in [4.78, 5) is 15.2. The maximum absolute atomic E-state index is 11.9. The largest absolute Gasteiger partial charge is 0.361 e. The quantitative estimate of drug-likeness (QED) is 0.887. The van der Waals surface area contributed by atoms with Crippen molar-refractivity contribution in [1.82, 2.24) is 15.4 Å². The van der Waals surface area contributed by atoms with Gasteiger partial charge in [0.2, 0.25) is 5.91 Å². The average molecular weight is 285 g/mol. The van der Waals surface area contributed by atoms with E-state index in [9.17, 15) is 4.79 Å². The predicted molar refractivity (Wildman–Crippen MR) is 84.8 cm³/mol. The molecule has 1 aromatic carbocycles. The van der Waals surface area contributed by atoms with Crippen molar-refractivity contribution in [2.45, 2.75) is 38.5 Å². The van der Waals surface area contributed by atoms with Gasteiger partial charge in [0.15, 0.2) is 0 Å². The molecule has 0 aliphatic carbocycles. The Hall–Kier alpha value is -1.81. The lowest BCUT2D eigenvalue weighted by molar-refractivity contribution is -0.126. The Kier molecular flexibility index (Phi) is 4.55. The zero-order valence-electron chi connectivity index (χ0n) is 12.4. The lowest BCUT2D eigenvalue weighted by Crippen LogP contribution is -2.44. The number of aryl methyl sites for hydroxylation is 1. The van der Waals surface area contributed by atoms with Gasteiger partial charge in [0.1, 0.15) is 0 Å². The van der Waals surface area contributed by atoms with Gasteiger partial charge in [0.05, 0.1) is 0 Å². The number of H-pyrrole nitrogens is 1. The highest BCUT2D eigenvalue weighted by Gasteiger charge is 2.12. The predicted octanol–water partition coefficient (Wildman–Crippen LogP) is 3.01. The monoisotopic (exact) mass is 285 g/mol. The standard InChI is InChI=1S/C17H23N3O/c21-17(19-20-11-4-1-5-12-20)10-6-7-14-13-18-16-9-3-2-8-15(14)16/h2-3,8-9,13,18H,1,4-7,10-12H2,(H,19,21). The van der Waals surface area contributed by atoms with E-state index in [-0.39, 0.29) is 5.91 Å². The number of hydrogen-bond donors (Lipinski definition) is 2. The Labute approximate surface area is 125 Å². The number of benzene rings is 1. The van der Waals surface area contributed by atoms with E-state index in [4.69, 9.17) is 0 Å². The first kappa shape index (κ1) is 14.1. The van der Waals surface area contributed by atoms with Gasteiger partial charge in [-0.05, 0) is 37.3 Å². The van der Waals surface area contributed by atoms with Gasteiger partial charge in [0.25, 0.3) is 0 Å². The van der Waals surface area contributed by atoms with Crippen LogP contribution in [0, 0.1) is 0 Å². The summed E-state index contributed by atoms with van der Waals surface area (Å²) in [6.45, 7) is 1.99. The van der Waals surface area contributed by atoms with Crippen molar-refractivity contribution in [2.75, 3.05) is 13.1 Å². The molecular formula is C17H23N3O. The third kappa shape index (κ3) is 3.64. The number of carbonyl (C=O) groups excluding carboxylic acids is 1. The maximum atomic E-state index is 11.9. The Bertz CT molecular complexity index is 599. The van der Waals surface area contributed by atoms with Gasteiger partial charge >= 0.3 is 0 Å². The fourth-order valence-corrected chi connectivity index (χ4v) is 3.02. The summed E-state index contributed by atoms with van der Waals surface area (Å²) in [6, 6.07) is 8.31. The van der Waals surface area contributed by atoms with E-state index in [0.717, 1.165) is 25.9 Å². The first-order valence-electron chi connectivity index (χ1n) is 7.92. The molecule has 2 aromatic rings. The third-order valence-electron chi connectivity index (χ3n) is 4.16. The zero-order valence-corrected chi connectivity index (χ0v) is 12.4. The first-order chi connectivity index (χ1) is 10.3. The summed E-state index contributed by atoms with van der Waals surface area (Å²) in [6.07, 6.45) is 8.15. The molecule has 1 aliphatic rings. The van der Waals surface area contributed by atoms with E-state index in [1.54, 1.807) is 0 Å². The van der Waals surface area contributed by atoms with Crippen LogP contribution in [0.25, 0.3) is 10.9 Å². The fraction of sp³-hybridized carbons (Fsp3) is 0.471. The molecule has 0 atom stereocenters. The van der Waals surface area contributed by atoms with Crippen LogP contribution in [0.2, 0.25) is 0 Å². The Morgan fingerprint density at radius 1 is 1.19 bits per heavy atom. The second kappa shape index (κ2) is 6.76. The van der Waals surface area contributed by atoms with Crippen LogP contribution in [-0.2, 0) is 11.2 Å². The first-order valence-corrected chi connectivity index (χ1v) is 7.92. The average Bonchev–Trinajstić information content (AvgIpc) is 2.92. The molecule has 1 aromatic heterocycles. The molecular weight excluding hydrogens is 262 g/mol. The van der Waals surface area contributed by atoms with Gasteiger partial charge in [-0.15, -0.1) is 0 Å². The Morgan fingerprint density at radius 2 is 2.00 bits per heavy atom. The van der Waals surface area contributed by atoms with Crippen LogP contribution in [-0.4, -0.2) is 29.0 Å². The normalized spacial score (nSPS) is 16.2. The number of nitrogens with one attached hydrogen (secondary N) is 2. The number of aromatic nitrogens is 1. The number of aromatic amines is 1. The van der Waals surface area contributed by atoms with E-state index in [0.29, 0.717) is 6.42 Å². The molecule has 3 rings (SSSR count). The minimum Gasteiger partial charge on any atom is -0.361 e. The highest BCUT2D eigenvalue weighted by atomic mass is 16.2. The molecule has 4 heteroatoms. The van der Waals surface area contributed by atoms with Gasteiger partial charge in [-0.3, -0.25) is 10.2 Å². The minimum absolute atomic E-state index is 0.150. The van der Waals surface area contributed by atoms with Crippen LogP contribution in [0.15, 0.2) is 30.5 Å². The van der Waals surface area contributed by atoms with Crippen molar-refractivity contribution in [3.8, 4) is 0 Å². The number of nitrogens with zero attached hydrogens (tertiary/aromatic N) is 1. The van der Waals surface area contributed by atoms with E-state index >= 15 is 0 Å². The second-order valence-electron chi connectivity index (χ2n) is 5.80. The molecule has 112 valence electrons. The molecule has 2 heterocycles. The van der Waals surface area contributed by atoms with Crippen LogP contribution >= 0.6 is 0 Å². The van der Waals surface area contributed by atoms with Crippen LogP contribution in [0.3, 0.4) is 0 Å². The topological polar surface area (TPSA) is 48.1 Å². The fourth-order valence-electron chi connectivity index (χ4n) is 3.02. The highest BCUT2D eigenvalue weighted by molar-refractivity contribution is 5.83. The molecule has 1 aliphatic heterocycles. The number of piperidine rings is 1. The molecule has 21 heavy (non-hydrogen) atoms. The molecule has 2 N–H and O–H groups in total. The molecule has 1 saturated heterocycles. The summed E-state index contributed by atoms with van der Waals surface area (Å²) in [7, 11) is 0. The number of para-hydroxylation sites is 1. The molecule has 0 bridgehead atoms. The number of fused-ring (bicyclic) bond motifs is 1. The van der Waals surface area contributed by atoms with Gasteiger partial charge in [-0.1, -0.05) is 24.6 Å². The SMILES string of the molecule is O=C(CCCc1c[nH]c2ccccc12)NN1CCCCC1. The van der Waals surface area contributed by atoms with Crippen LogP contribution in [0.1, 0.15) is 37.7 Å². The molecule has 0 spiro atoms. The smallest absolute Gasteiger partial charge is 0.234 e. The van der Waals surface area contributed by atoms with Crippen molar-refractivity contribution < 1.29 is 4.79 Å². The lowest BCUT2D eigenvalue weighted by atomic mass is 10.1. The summed E-state index contributed by atoms with van der Waals surface area (Å²) in [5, 5.41) is 3.34. The van der Waals surface area contributed by atoms with Gasteiger partial charge in [0, 0.05) is 36.6 Å². The highest BCUT2D eigenvalue weighted by Crippen LogP contribution is 2.19. The molecule has 0 saturated carbocycles. The number of amides is 1. The number of rotatable bonds is 5. The van der Waals surface area contributed by atoms with Crippen LogP contribution in [0.5, 0.6) is 0 Å². The Morgan fingerprint density at radius 3 is 2.86 bits per heavy atom. The van der Waals surface area contributed by atoms with Gasteiger partial charge in [-0.25, -0.2) is 5.01 Å². The lowest BCUT2D eigenvalue weighted by Gasteiger charge is -2.26. The third-order valence-corrected chi connectivity index (χ3v) is 4.16. The molecule has 1 fully saturated rings. The zero-order chi connectivity index (χ0) is 14.5. The van der Waals surface area contributed by atoms with E-state index < -0.39 is 0 Å². The number of carbonyl (C=O) groups is 1. The maximum Gasteiger partial charge on any atom is 0.234 e. The van der Waals surface area contributed by atoms with Crippen molar-refractivity contribution in [1.29, 1.82) is 0 Å². The molecule has 0 unspecified atom stereocenters. The summed E-state index contributed by atoms with van der Waals surface area (Å²) >= 11 is 0. The van der Waals surface area contributed by atoms with E-state index in [1.807, 2.05) is 6.07 Å². The number of hydrazine groups is 1. The van der Waals surface area contributed by atoms with Crippen LogP contribution < -0.4 is 5.43 Å². The van der Waals surface area contributed by atoms with Crippen molar-refractivity contribution in [3.63, 3.8) is 0 Å². The number of hydrogen-bond acceptors (Lipinski definition) is 2. The molecule has 0 radical (unpaired) electrons. The summed E-state index contributed by atoms with van der Waals surface area (Å²) < 4.78 is 0. The molecule has 1 amide bonds. The van der Waals surface area contributed by atoms with Crippen molar-refractivity contribution >= 4 is 16.8 Å². The van der Waals surface area contributed by atoms with Gasteiger partial charge in [-0.2, -0.15) is 0 Å². The molecule has 4 nitrogen and oxygen atoms in total. The Balaban J connectivity index is 1.46. The van der Waals surface area contributed by atoms with Crippen molar-refractivity contribution in [3.05, 3.63) is 36.0 Å². The van der Waals surface area contributed by atoms with Gasteiger partial charge < -0.3 is 4.98 Å². The van der Waals surface area contributed by atoms with Crippen molar-refractivity contribution in [2.24, 2.45) is 0 Å².